The van der Waals surface area contributed by atoms with Crippen LogP contribution in [-0.4, -0.2) is 46.6 Å². The normalized spacial score (nSPS) is 23.6. The van der Waals surface area contributed by atoms with Crippen LogP contribution in [-0.2, 0) is 0 Å². The first-order valence-electron chi connectivity index (χ1n) is 6.86. The Morgan fingerprint density at radius 3 is 2.47 bits per heavy atom. The fourth-order valence-electron chi connectivity index (χ4n) is 2.32. The van der Waals surface area contributed by atoms with Gasteiger partial charge in [0.2, 0.25) is 0 Å². The van der Waals surface area contributed by atoms with Gasteiger partial charge in [0.25, 0.3) is 0 Å². The summed E-state index contributed by atoms with van der Waals surface area (Å²) in [5, 5.41) is 3.65. The van der Waals surface area contributed by atoms with Gasteiger partial charge in [-0.2, -0.15) is 11.8 Å². The lowest BCUT2D eigenvalue weighted by atomic mass is 10.1. The maximum absolute atomic E-state index is 3.65. The molecular formula is C14H30N2S. The Morgan fingerprint density at radius 1 is 1.35 bits per heavy atom. The first-order chi connectivity index (χ1) is 7.73. The Bertz CT molecular complexity index is 233. The molecule has 0 radical (unpaired) electrons. The van der Waals surface area contributed by atoms with Crippen LogP contribution in [0.2, 0.25) is 0 Å². The van der Waals surface area contributed by atoms with Crippen molar-refractivity contribution in [3.8, 4) is 0 Å². The molecule has 1 saturated heterocycles. The molecule has 0 aromatic heterocycles. The number of hydrogen-bond acceptors (Lipinski definition) is 3. The van der Waals surface area contributed by atoms with Crippen LogP contribution in [0.1, 0.15) is 48.0 Å². The highest BCUT2D eigenvalue weighted by Crippen LogP contribution is 2.30. The van der Waals surface area contributed by atoms with Gasteiger partial charge in [-0.25, -0.2) is 0 Å². The zero-order valence-corrected chi connectivity index (χ0v) is 13.3. The summed E-state index contributed by atoms with van der Waals surface area (Å²) < 4.78 is 0.424. The molecule has 1 heterocycles. The maximum Gasteiger partial charge on any atom is 0.0231 e. The quantitative estimate of drug-likeness (QED) is 0.834. The molecule has 0 bridgehead atoms. The van der Waals surface area contributed by atoms with E-state index in [0.717, 1.165) is 6.54 Å². The fourth-order valence-corrected chi connectivity index (χ4v) is 3.46. The smallest absolute Gasteiger partial charge is 0.0231 e. The minimum absolute atomic E-state index is 0.230. The van der Waals surface area contributed by atoms with E-state index in [9.17, 15) is 0 Å². The molecule has 0 spiro atoms. The van der Waals surface area contributed by atoms with Crippen molar-refractivity contribution in [2.24, 2.45) is 0 Å². The lowest BCUT2D eigenvalue weighted by Gasteiger charge is -2.42. The molecular weight excluding hydrogens is 228 g/mol. The van der Waals surface area contributed by atoms with Crippen molar-refractivity contribution in [3.05, 3.63) is 0 Å². The van der Waals surface area contributed by atoms with E-state index in [4.69, 9.17) is 0 Å². The van der Waals surface area contributed by atoms with Crippen LogP contribution in [0.15, 0.2) is 0 Å². The number of nitrogens with zero attached hydrogens (tertiary/aromatic N) is 1. The van der Waals surface area contributed by atoms with Gasteiger partial charge in [-0.3, -0.25) is 4.90 Å². The molecule has 1 N–H and O–H groups in total. The highest BCUT2D eigenvalue weighted by molar-refractivity contribution is 8.00. The Morgan fingerprint density at radius 2 is 2.00 bits per heavy atom. The number of thioether (sulfide) groups is 1. The van der Waals surface area contributed by atoms with Crippen LogP contribution < -0.4 is 5.32 Å². The third-order valence-electron chi connectivity index (χ3n) is 3.31. The van der Waals surface area contributed by atoms with E-state index in [1.807, 2.05) is 0 Å². The summed E-state index contributed by atoms with van der Waals surface area (Å²) in [4.78, 5) is 2.68. The highest BCUT2D eigenvalue weighted by Gasteiger charge is 2.30. The largest absolute Gasteiger partial charge is 0.311 e. The van der Waals surface area contributed by atoms with E-state index in [1.54, 1.807) is 0 Å². The van der Waals surface area contributed by atoms with E-state index in [1.165, 1.54) is 25.3 Å². The lowest BCUT2D eigenvalue weighted by molar-refractivity contribution is 0.170. The molecule has 0 aromatic rings. The molecule has 1 aliphatic rings. The first kappa shape index (κ1) is 15.3. The number of nitrogens with one attached hydrogen (secondary N) is 1. The Balaban J connectivity index is 2.49. The van der Waals surface area contributed by atoms with Crippen molar-refractivity contribution >= 4 is 11.8 Å². The van der Waals surface area contributed by atoms with Crippen molar-refractivity contribution in [1.82, 2.24) is 10.2 Å². The summed E-state index contributed by atoms with van der Waals surface area (Å²) >= 11 is 2.11. The molecule has 1 unspecified atom stereocenters. The maximum atomic E-state index is 3.65. The molecule has 1 atom stereocenters. The monoisotopic (exact) mass is 258 g/mol. The van der Waals surface area contributed by atoms with Gasteiger partial charge in [0.15, 0.2) is 0 Å². The minimum Gasteiger partial charge on any atom is -0.311 e. The Kier molecular flexibility index (Phi) is 5.36. The molecule has 0 amide bonds. The molecule has 102 valence electrons. The van der Waals surface area contributed by atoms with E-state index >= 15 is 0 Å². The Hall–Kier alpha value is 0.270. The van der Waals surface area contributed by atoms with Crippen LogP contribution >= 0.6 is 11.8 Å². The van der Waals surface area contributed by atoms with Crippen LogP contribution in [0.4, 0.5) is 0 Å². The van der Waals surface area contributed by atoms with Gasteiger partial charge in [0.05, 0.1) is 0 Å². The predicted molar refractivity (Wildman–Crippen MR) is 79.9 cm³/mol. The summed E-state index contributed by atoms with van der Waals surface area (Å²) in [6.45, 7) is 17.4. The highest BCUT2D eigenvalue weighted by atomic mass is 32.2. The topological polar surface area (TPSA) is 15.3 Å². The first-order valence-corrected chi connectivity index (χ1v) is 7.85. The van der Waals surface area contributed by atoms with Crippen LogP contribution in [0.25, 0.3) is 0 Å². The van der Waals surface area contributed by atoms with Gasteiger partial charge in [-0.1, -0.05) is 6.92 Å². The van der Waals surface area contributed by atoms with Gasteiger partial charge in [0, 0.05) is 41.7 Å². The summed E-state index contributed by atoms with van der Waals surface area (Å²) in [5.74, 6) is 1.28. The average Bonchev–Trinajstić information content (AvgIpc) is 2.15. The third-order valence-corrected chi connectivity index (χ3v) is 4.61. The van der Waals surface area contributed by atoms with E-state index in [-0.39, 0.29) is 5.54 Å². The van der Waals surface area contributed by atoms with Crippen LogP contribution in [0.5, 0.6) is 0 Å². The number of rotatable bonds is 4. The average molecular weight is 258 g/mol. The summed E-state index contributed by atoms with van der Waals surface area (Å²) in [7, 11) is 0. The van der Waals surface area contributed by atoms with Crippen molar-refractivity contribution < 1.29 is 0 Å². The second-order valence-electron chi connectivity index (χ2n) is 6.77. The van der Waals surface area contributed by atoms with Crippen LogP contribution in [0.3, 0.4) is 0 Å². The van der Waals surface area contributed by atoms with Gasteiger partial charge in [-0.05, 0) is 41.0 Å². The lowest BCUT2D eigenvalue weighted by Crippen LogP contribution is -2.53. The predicted octanol–water partition coefficient (Wildman–Crippen LogP) is 2.98. The fraction of sp³-hybridized carbons (Fsp3) is 1.00. The third kappa shape index (κ3) is 5.62. The van der Waals surface area contributed by atoms with Crippen molar-refractivity contribution in [1.29, 1.82) is 0 Å². The zero-order valence-electron chi connectivity index (χ0n) is 12.5. The molecule has 1 fully saturated rings. The van der Waals surface area contributed by atoms with E-state index in [2.05, 4.69) is 63.5 Å². The van der Waals surface area contributed by atoms with Crippen molar-refractivity contribution in [3.63, 3.8) is 0 Å². The van der Waals surface area contributed by atoms with Crippen molar-refractivity contribution in [2.75, 3.05) is 25.4 Å². The molecule has 2 nitrogen and oxygen atoms in total. The van der Waals surface area contributed by atoms with Gasteiger partial charge in [0.1, 0.15) is 0 Å². The Labute approximate surface area is 112 Å². The van der Waals surface area contributed by atoms with Gasteiger partial charge >= 0.3 is 0 Å². The summed E-state index contributed by atoms with van der Waals surface area (Å²) in [5.41, 5.74) is 0.230. The van der Waals surface area contributed by atoms with Crippen molar-refractivity contribution in [2.45, 2.75) is 64.3 Å². The minimum atomic E-state index is 0.230. The molecule has 1 rings (SSSR count). The number of hydrogen-bond donors (Lipinski definition) is 1. The van der Waals surface area contributed by atoms with Gasteiger partial charge in [-0.15, -0.1) is 0 Å². The van der Waals surface area contributed by atoms with E-state index in [0.29, 0.717) is 10.8 Å². The zero-order chi connectivity index (χ0) is 13.1. The van der Waals surface area contributed by atoms with Crippen LogP contribution in [0, 0.1) is 0 Å². The second kappa shape index (κ2) is 5.94. The van der Waals surface area contributed by atoms with Gasteiger partial charge < -0.3 is 5.32 Å². The molecule has 17 heavy (non-hydrogen) atoms. The molecule has 0 aliphatic carbocycles. The summed E-state index contributed by atoms with van der Waals surface area (Å²) in [6, 6.07) is 0.689. The molecule has 0 saturated carbocycles. The molecule has 0 aromatic carbocycles. The molecule has 3 heteroatoms. The van der Waals surface area contributed by atoms with E-state index < -0.39 is 0 Å². The standard InChI is InChI=1S/C14H30N2S/c1-7-12(10-15-13(2,3)4)16-8-9-17-14(5,6)11-16/h12,15H,7-11H2,1-6H3. The SMILES string of the molecule is CCC(CNC(C)(C)C)N1CCSC(C)(C)C1. The second-order valence-corrected chi connectivity index (χ2v) is 8.57. The summed E-state index contributed by atoms with van der Waals surface area (Å²) in [6.07, 6.45) is 1.24. The molecule has 1 aliphatic heterocycles.